The van der Waals surface area contributed by atoms with Crippen LogP contribution in [0.15, 0.2) is 24.3 Å². The number of hydrogen-bond donors (Lipinski definition) is 3. The highest BCUT2D eigenvalue weighted by Gasteiger charge is 2.05. The molecule has 0 atom stereocenters. The first-order valence-corrected chi connectivity index (χ1v) is 6.50. The van der Waals surface area contributed by atoms with Gasteiger partial charge in [-0.3, -0.25) is 9.59 Å². The van der Waals surface area contributed by atoms with Gasteiger partial charge in [0.05, 0.1) is 0 Å². The summed E-state index contributed by atoms with van der Waals surface area (Å²) in [6.07, 6.45) is 1.29. The maximum absolute atomic E-state index is 11.6. The van der Waals surface area contributed by atoms with Gasteiger partial charge in [-0.15, -0.1) is 12.4 Å². The Labute approximate surface area is 125 Å². The van der Waals surface area contributed by atoms with Crippen LogP contribution in [0.5, 0.6) is 0 Å². The van der Waals surface area contributed by atoms with Crippen molar-refractivity contribution in [1.82, 2.24) is 10.6 Å². The molecule has 112 valence electrons. The van der Waals surface area contributed by atoms with Crippen LogP contribution in [0.2, 0.25) is 0 Å². The summed E-state index contributed by atoms with van der Waals surface area (Å²) in [5, 5.41) is 8.52. The summed E-state index contributed by atoms with van der Waals surface area (Å²) in [6, 6.07) is 6.88. The van der Waals surface area contributed by atoms with Crippen molar-refractivity contribution >= 4 is 29.9 Å². The fraction of sp³-hybridized carbons (Fsp3) is 0.429. The Balaban J connectivity index is 0.00000361. The van der Waals surface area contributed by atoms with E-state index in [0.29, 0.717) is 24.2 Å². The van der Waals surface area contributed by atoms with E-state index in [0.717, 1.165) is 13.0 Å². The maximum atomic E-state index is 11.6. The Bertz CT molecular complexity index is 421. The minimum absolute atomic E-state index is 0. The Morgan fingerprint density at radius 2 is 1.80 bits per heavy atom. The molecule has 3 N–H and O–H groups in total. The third kappa shape index (κ3) is 6.54. The smallest absolute Gasteiger partial charge is 0.251 e. The molecule has 6 heteroatoms. The number of halogens is 1. The predicted molar refractivity (Wildman–Crippen MR) is 83.5 cm³/mol. The van der Waals surface area contributed by atoms with E-state index in [9.17, 15) is 9.59 Å². The zero-order valence-electron chi connectivity index (χ0n) is 11.9. The highest BCUT2D eigenvalue weighted by molar-refractivity contribution is 5.95. The van der Waals surface area contributed by atoms with Crippen molar-refractivity contribution in [2.24, 2.45) is 0 Å². The van der Waals surface area contributed by atoms with Crippen LogP contribution in [-0.4, -0.2) is 32.0 Å². The summed E-state index contributed by atoms with van der Waals surface area (Å²) >= 11 is 0. The topological polar surface area (TPSA) is 70.2 Å². The first kappa shape index (κ1) is 18.4. The van der Waals surface area contributed by atoms with Crippen LogP contribution in [0, 0.1) is 0 Å². The van der Waals surface area contributed by atoms with E-state index < -0.39 is 0 Å². The number of rotatable bonds is 7. The molecular formula is C14H22ClN3O2. The molecule has 0 fully saturated rings. The SMILES string of the molecule is CCNC(=O)c1ccc(NC(=O)CCCNC)cc1.Cl. The Morgan fingerprint density at radius 3 is 2.35 bits per heavy atom. The molecule has 0 radical (unpaired) electrons. The molecule has 2 amide bonds. The molecule has 0 aliphatic rings. The van der Waals surface area contributed by atoms with Crippen LogP contribution < -0.4 is 16.0 Å². The summed E-state index contributed by atoms with van der Waals surface area (Å²) in [5.74, 6) is -0.115. The second-order valence-electron chi connectivity index (χ2n) is 4.19. The molecule has 0 saturated heterocycles. The van der Waals surface area contributed by atoms with E-state index in [2.05, 4.69) is 16.0 Å². The first-order chi connectivity index (χ1) is 9.17. The largest absolute Gasteiger partial charge is 0.352 e. The van der Waals surface area contributed by atoms with Crippen LogP contribution in [-0.2, 0) is 4.79 Å². The van der Waals surface area contributed by atoms with Crippen molar-refractivity contribution in [3.05, 3.63) is 29.8 Å². The van der Waals surface area contributed by atoms with Gasteiger partial charge in [-0.25, -0.2) is 0 Å². The standard InChI is InChI=1S/C14H21N3O2.ClH/c1-3-16-14(19)11-6-8-12(9-7-11)17-13(18)5-4-10-15-2;/h6-9,15H,3-5,10H2,1-2H3,(H,16,19)(H,17,18);1H. The molecule has 0 aliphatic heterocycles. The van der Waals surface area contributed by atoms with Crippen molar-refractivity contribution in [3.8, 4) is 0 Å². The molecule has 0 spiro atoms. The number of carbonyl (C=O) groups excluding carboxylic acids is 2. The molecule has 0 heterocycles. The predicted octanol–water partition coefficient (Wildman–Crippen LogP) is 1.80. The second-order valence-corrected chi connectivity index (χ2v) is 4.19. The van der Waals surface area contributed by atoms with E-state index in [1.54, 1.807) is 24.3 Å². The number of carbonyl (C=O) groups is 2. The molecule has 5 nitrogen and oxygen atoms in total. The molecule has 0 aliphatic carbocycles. The van der Waals surface area contributed by atoms with Crippen LogP contribution in [0.3, 0.4) is 0 Å². The van der Waals surface area contributed by atoms with Gasteiger partial charge in [-0.2, -0.15) is 0 Å². The second kappa shape index (κ2) is 10.2. The summed E-state index contributed by atoms with van der Waals surface area (Å²) in [6.45, 7) is 3.30. The van der Waals surface area contributed by atoms with Gasteiger partial charge in [-0.05, 0) is 51.2 Å². The van der Waals surface area contributed by atoms with Crippen LogP contribution >= 0.6 is 12.4 Å². The maximum Gasteiger partial charge on any atom is 0.251 e. The van der Waals surface area contributed by atoms with Gasteiger partial charge in [0.1, 0.15) is 0 Å². The van der Waals surface area contributed by atoms with Gasteiger partial charge in [-0.1, -0.05) is 0 Å². The Hall–Kier alpha value is -1.59. The molecule has 1 rings (SSSR count). The third-order valence-corrected chi connectivity index (χ3v) is 2.60. The summed E-state index contributed by atoms with van der Waals surface area (Å²) in [5.41, 5.74) is 1.30. The average Bonchev–Trinajstić information content (AvgIpc) is 2.40. The van der Waals surface area contributed by atoms with Crippen molar-refractivity contribution in [2.75, 3.05) is 25.5 Å². The van der Waals surface area contributed by atoms with E-state index in [4.69, 9.17) is 0 Å². The van der Waals surface area contributed by atoms with Crippen LogP contribution in [0.25, 0.3) is 0 Å². The van der Waals surface area contributed by atoms with E-state index in [1.165, 1.54) is 0 Å². The van der Waals surface area contributed by atoms with Crippen LogP contribution in [0.1, 0.15) is 30.1 Å². The van der Waals surface area contributed by atoms with Crippen LogP contribution in [0.4, 0.5) is 5.69 Å². The lowest BCUT2D eigenvalue weighted by atomic mass is 10.2. The molecule has 0 saturated carbocycles. The van der Waals surface area contributed by atoms with Crippen molar-refractivity contribution in [1.29, 1.82) is 0 Å². The quantitative estimate of drug-likeness (QED) is 0.672. The molecular weight excluding hydrogens is 278 g/mol. The van der Waals surface area contributed by atoms with E-state index in [1.807, 2.05) is 14.0 Å². The number of nitrogens with one attached hydrogen (secondary N) is 3. The summed E-state index contributed by atoms with van der Waals surface area (Å²) in [7, 11) is 1.86. The molecule has 1 aromatic rings. The van der Waals surface area contributed by atoms with Gasteiger partial charge in [0.2, 0.25) is 5.91 Å². The van der Waals surface area contributed by atoms with E-state index >= 15 is 0 Å². The lowest BCUT2D eigenvalue weighted by Crippen LogP contribution is -2.22. The Kier molecular flexibility index (Phi) is 9.41. The van der Waals surface area contributed by atoms with Gasteiger partial charge in [0.25, 0.3) is 5.91 Å². The van der Waals surface area contributed by atoms with Gasteiger partial charge in [0.15, 0.2) is 0 Å². The van der Waals surface area contributed by atoms with Gasteiger partial charge in [0, 0.05) is 24.2 Å². The number of hydrogen-bond acceptors (Lipinski definition) is 3. The lowest BCUT2D eigenvalue weighted by molar-refractivity contribution is -0.116. The number of anilines is 1. The minimum Gasteiger partial charge on any atom is -0.352 e. The van der Waals surface area contributed by atoms with Crippen molar-refractivity contribution in [2.45, 2.75) is 19.8 Å². The fourth-order valence-electron chi connectivity index (χ4n) is 1.62. The lowest BCUT2D eigenvalue weighted by Gasteiger charge is -2.06. The summed E-state index contributed by atoms with van der Waals surface area (Å²) < 4.78 is 0. The van der Waals surface area contributed by atoms with Crippen molar-refractivity contribution < 1.29 is 9.59 Å². The van der Waals surface area contributed by atoms with Gasteiger partial charge >= 0.3 is 0 Å². The molecule has 20 heavy (non-hydrogen) atoms. The number of benzene rings is 1. The number of amides is 2. The fourth-order valence-corrected chi connectivity index (χ4v) is 1.62. The molecule has 0 aromatic heterocycles. The van der Waals surface area contributed by atoms with Gasteiger partial charge < -0.3 is 16.0 Å². The van der Waals surface area contributed by atoms with E-state index in [-0.39, 0.29) is 24.2 Å². The summed E-state index contributed by atoms with van der Waals surface area (Å²) in [4.78, 5) is 23.1. The normalized spacial score (nSPS) is 9.50. The molecule has 1 aromatic carbocycles. The zero-order chi connectivity index (χ0) is 14.1. The zero-order valence-corrected chi connectivity index (χ0v) is 12.7. The highest BCUT2D eigenvalue weighted by Crippen LogP contribution is 2.10. The minimum atomic E-state index is -0.102. The average molecular weight is 300 g/mol. The third-order valence-electron chi connectivity index (χ3n) is 2.60. The monoisotopic (exact) mass is 299 g/mol. The van der Waals surface area contributed by atoms with Crippen molar-refractivity contribution in [3.63, 3.8) is 0 Å². The molecule has 0 bridgehead atoms. The molecule has 0 unspecified atom stereocenters. The Morgan fingerprint density at radius 1 is 1.15 bits per heavy atom. The first-order valence-electron chi connectivity index (χ1n) is 6.50. The highest BCUT2D eigenvalue weighted by atomic mass is 35.5.